The van der Waals surface area contributed by atoms with Crippen LogP contribution in [0.3, 0.4) is 0 Å². The van der Waals surface area contributed by atoms with E-state index in [0.29, 0.717) is 30.1 Å². The average molecular weight is 342 g/mol. The van der Waals surface area contributed by atoms with Crippen LogP contribution in [0.25, 0.3) is 5.52 Å². The van der Waals surface area contributed by atoms with E-state index in [1.807, 2.05) is 36.9 Å². The van der Waals surface area contributed by atoms with Crippen molar-refractivity contribution >= 4 is 17.3 Å². The van der Waals surface area contributed by atoms with Crippen LogP contribution in [0.2, 0.25) is 0 Å². The normalized spacial score (nSPS) is 15.2. The van der Waals surface area contributed by atoms with E-state index in [0.717, 1.165) is 25.9 Å². The quantitative estimate of drug-likeness (QED) is 0.858. The monoisotopic (exact) mass is 342 g/mol. The number of hydrogen-bond acceptors (Lipinski definition) is 3. The molecule has 0 N–H and O–H groups in total. The maximum absolute atomic E-state index is 13.0. The van der Waals surface area contributed by atoms with Crippen LogP contribution in [0.15, 0.2) is 24.4 Å². The fourth-order valence-corrected chi connectivity index (χ4v) is 3.42. The van der Waals surface area contributed by atoms with Crippen molar-refractivity contribution in [3.63, 3.8) is 0 Å². The molecule has 2 aromatic heterocycles. The highest BCUT2D eigenvalue weighted by Crippen LogP contribution is 2.19. The summed E-state index contributed by atoms with van der Waals surface area (Å²) in [7, 11) is 0. The second-order valence-corrected chi connectivity index (χ2v) is 6.42. The van der Waals surface area contributed by atoms with Gasteiger partial charge in [-0.15, -0.1) is 0 Å². The van der Waals surface area contributed by atoms with E-state index in [-0.39, 0.29) is 11.8 Å². The van der Waals surface area contributed by atoms with Gasteiger partial charge in [-0.2, -0.15) is 0 Å². The zero-order chi connectivity index (χ0) is 17.8. The molecule has 3 heterocycles. The minimum Gasteiger partial charge on any atom is -0.337 e. The van der Waals surface area contributed by atoms with Crippen molar-refractivity contribution in [3.8, 4) is 0 Å². The number of carbonyl (C=O) groups is 2. The molecule has 6 heteroatoms. The molecule has 1 saturated heterocycles. The zero-order valence-corrected chi connectivity index (χ0v) is 15.1. The van der Waals surface area contributed by atoms with Crippen LogP contribution in [0.1, 0.15) is 60.6 Å². The third kappa shape index (κ3) is 3.38. The van der Waals surface area contributed by atoms with Gasteiger partial charge >= 0.3 is 0 Å². The lowest BCUT2D eigenvalue weighted by Gasteiger charge is -2.19. The molecule has 0 spiro atoms. The Labute approximate surface area is 148 Å². The number of aromatic nitrogens is 2. The Kier molecular flexibility index (Phi) is 5.36. The van der Waals surface area contributed by atoms with Gasteiger partial charge in [0.25, 0.3) is 11.8 Å². The number of carbonyl (C=O) groups excluding carboxylic acids is 2. The van der Waals surface area contributed by atoms with E-state index in [2.05, 4.69) is 4.98 Å². The molecule has 0 saturated carbocycles. The molecule has 2 aromatic rings. The molecule has 0 aliphatic carbocycles. The Balaban J connectivity index is 2.01. The Morgan fingerprint density at radius 1 is 1.08 bits per heavy atom. The Hall–Kier alpha value is -2.37. The van der Waals surface area contributed by atoms with Gasteiger partial charge in [-0.05, 0) is 38.8 Å². The third-order valence-electron chi connectivity index (χ3n) is 4.89. The fraction of sp³-hybridized carbons (Fsp3) is 0.526. The summed E-state index contributed by atoms with van der Waals surface area (Å²) < 4.78 is 1.74. The van der Waals surface area contributed by atoms with Crippen molar-refractivity contribution in [2.24, 2.45) is 0 Å². The summed E-state index contributed by atoms with van der Waals surface area (Å²) in [5, 5.41) is 0. The summed E-state index contributed by atoms with van der Waals surface area (Å²) in [6, 6.07) is 5.59. The number of rotatable bonds is 4. The largest absolute Gasteiger partial charge is 0.337 e. The predicted octanol–water partition coefficient (Wildman–Crippen LogP) is 2.83. The first-order valence-electron chi connectivity index (χ1n) is 9.23. The predicted molar refractivity (Wildman–Crippen MR) is 96.8 cm³/mol. The second-order valence-electron chi connectivity index (χ2n) is 6.42. The van der Waals surface area contributed by atoms with E-state index in [1.54, 1.807) is 15.5 Å². The van der Waals surface area contributed by atoms with Gasteiger partial charge < -0.3 is 9.80 Å². The molecular formula is C19H26N4O2. The Bertz CT molecular complexity index is 756. The summed E-state index contributed by atoms with van der Waals surface area (Å²) in [5.74, 6) is 0.114. The molecule has 0 aromatic carbocycles. The zero-order valence-electron chi connectivity index (χ0n) is 15.1. The van der Waals surface area contributed by atoms with Gasteiger partial charge in [0, 0.05) is 32.4 Å². The molecule has 1 aliphatic rings. The van der Waals surface area contributed by atoms with Crippen molar-refractivity contribution in [1.82, 2.24) is 19.2 Å². The average Bonchev–Trinajstić information content (AvgIpc) is 2.81. The van der Waals surface area contributed by atoms with Crippen LogP contribution in [-0.2, 0) is 0 Å². The van der Waals surface area contributed by atoms with Crippen LogP contribution < -0.4 is 0 Å². The topological polar surface area (TPSA) is 57.9 Å². The maximum atomic E-state index is 13.0. The lowest BCUT2D eigenvalue weighted by atomic mass is 10.2. The smallest absolute Gasteiger partial charge is 0.290 e. The number of fused-ring (bicyclic) bond motifs is 1. The van der Waals surface area contributed by atoms with Gasteiger partial charge in [-0.1, -0.05) is 18.9 Å². The second kappa shape index (κ2) is 7.68. The standard InChI is InChI=1S/C19H26N4O2/c1-3-21(4-2)19(25)17-20-16(15-11-7-10-14-23(15)17)18(24)22-12-8-5-6-9-13-22/h7,10-11,14H,3-6,8-9,12-13H2,1-2H3. The number of pyridine rings is 1. The molecule has 1 fully saturated rings. The highest BCUT2D eigenvalue weighted by Gasteiger charge is 2.27. The third-order valence-corrected chi connectivity index (χ3v) is 4.89. The molecule has 0 bridgehead atoms. The molecule has 0 radical (unpaired) electrons. The summed E-state index contributed by atoms with van der Waals surface area (Å²) in [6.45, 7) is 6.66. The summed E-state index contributed by atoms with van der Waals surface area (Å²) in [6.07, 6.45) is 6.20. The van der Waals surface area contributed by atoms with Gasteiger partial charge in [0.2, 0.25) is 5.82 Å². The summed E-state index contributed by atoms with van der Waals surface area (Å²) in [5.41, 5.74) is 1.09. The number of imidazole rings is 1. The molecule has 0 unspecified atom stereocenters. The minimum atomic E-state index is -0.138. The first-order chi connectivity index (χ1) is 12.2. The van der Waals surface area contributed by atoms with E-state index in [4.69, 9.17) is 0 Å². The Morgan fingerprint density at radius 3 is 2.40 bits per heavy atom. The fourth-order valence-electron chi connectivity index (χ4n) is 3.42. The molecule has 134 valence electrons. The lowest BCUT2D eigenvalue weighted by Crippen LogP contribution is -2.33. The van der Waals surface area contributed by atoms with Crippen LogP contribution in [0.4, 0.5) is 0 Å². The van der Waals surface area contributed by atoms with E-state index in [9.17, 15) is 9.59 Å². The number of likely N-dealkylation sites (tertiary alicyclic amines) is 1. The lowest BCUT2D eigenvalue weighted by molar-refractivity contribution is 0.0755. The number of hydrogen-bond donors (Lipinski definition) is 0. The molecule has 1 aliphatic heterocycles. The van der Waals surface area contributed by atoms with Crippen molar-refractivity contribution in [2.45, 2.75) is 39.5 Å². The van der Waals surface area contributed by atoms with Crippen LogP contribution in [0.5, 0.6) is 0 Å². The summed E-state index contributed by atoms with van der Waals surface area (Å²) in [4.78, 5) is 33.9. The van der Waals surface area contributed by atoms with Gasteiger partial charge in [0.1, 0.15) is 0 Å². The molecule has 3 rings (SSSR count). The van der Waals surface area contributed by atoms with Crippen molar-refractivity contribution in [3.05, 3.63) is 35.9 Å². The maximum Gasteiger partial charge on any atom is 0.290 e. The van der Waals surface area contributed by atoms with Crippen molar-refractivity contribution in [2.75, 3.05) is 26.2 Å². The van der Waals surface area contributed by atoms with Crippen LogP contribution in [-0.4, -0.2) is 57.2 Å². The van der Waals surface area contributed by atoms with Crippen molar-refractivity contribution in [1.29, 1.82) is 0 Å². The van der Waals surface area contributed by atoms with Crippen LogP contribution in [0, 0.1) is 0 Å². The Morgan fingerprint density at radius 2 is 1.76 bits per heavy atom. The molecular weight excluding hydrogens is 316 g/mol. The van der Waals surface area contributed by atoms with Gasteiger partial charge in [0.15, 0.2) is 5.69 Å². The SMILES string of the molecule is CCN(CC)C(=O)c1nc(C(=O)N2CCCCCC2)c2ccccn12. The summed E-state index contributed by atoms with van der Waals surface area (Å²) >= 11 is 0. The molecule has 25 heavy (non-hydrogen) atoms. The number of nitrogens with zero attached hydrogens (tertiary/aromatic N) is 4. The van der Waals surface area contributed by atoms with E-state index in [1.165, 1.54) is 12.8 Å². The van der Waals surface area contributed by atoms with Gasteiger partial charge in [-0.25, -0.2) is 4.98 Å². The highest BCUT2D eigenvalue weighted by atomic mass is 16.2. The van der Waals surface area contributed by atoms with Crippen LogP contribution >= 0.6 is 0 Å². The van der Waals surface area contributed by atoms with Gasteiger partial charge in [-0.3, -0.25) is 14.0 Å². The van der Waals surface area contributed by atoms with E-state index < -0.39 is 0 Å². The number of amides is 2. The van der Waals surface area contributed by atoms with Gasteiger partial charge in [0.05, 0.1) is 5.52 Å². The molecule has 0 atom stereocenters. The first kappa shape index (κ1) is 17.5. The van der Waals surface area contributed by atoms with E-state index >= 15 is 0 Å². The first-order valence-corrected chi connectivity index (χ1v) is 9.23. The molecule has 6 nitrogen and oxygen atoms in total. The minimum absolute atomic E-state index is 0.0656. The molecule has 2 amide bonds. The van der Waals surface area contributed by atoms with Crippen molar-refractivity contribution < 1.29 is 9.59 Å². The highest BCUT2D eigenvalue weighted by molar-refractivity contribution is 6.02.